The fourth-order valence-corrected chi connectivity index (χ4v) is 5.06. The first-order chi connectivity index (χ1) is 15.3. The van der Waals surface area contributed by atoms with Gasteiger partial charge in [-0.1, -0.05) is 19.1 Å². The van der Waals surface area contributed by atoms with Crippen LogP contribution >= 0.6 is 0 Å². The molecular weight excluding hydrogens is 410 g/mol. The van der Waals surface area contributed by atoms with Gasteiger partial charge in [-0.25, -0.2) is 23.7 Å². The van der Waals surface area contributed by atoms with E-state index in [0.29, 0.717) is 22.8 Å². The first kappa shape index (κ1) is 20.6. The molecule has 2 atom stereocenters. The lowest BCUT2D eigenvalue weighted by atomic mass is 9.82. The van der Waals surface area contributed by atoms with Crippen LogP contribution in [0.15, 0.2) is 42.9 Å². The molecule has 6 nitrogen and oxygen atoms in total. The third-order valence-corrected chi connectivity index (χ3v) is 6.94. The second-order valence-corrected chi connectivity index (χ2v) is 9.22. The second-order valence-electron chi connectivity index (χ2n) is 9.22. The highest BCUT2D eigenvalue weighted by Crippen LogP contribution is 2.47. The van der Waals surface area contributed by atoms with Gasteiger partial charge in [-0.3, -0.25) is 0 Å². The van der Waals surface area contributed by atoms with Crippen LogP contribution in [0, 0.1) is 5.41 Å². The van der Waals surface area contributed by atoms with Crippen molar-refractivity contribution < 1.29 is 8.78 Å². The van der Waals surface area contributed by atoms with Crippen LogP contribution in [0.4, 0.5) is 20.4 Å². The van der Waals surface area contributed by atoms with Crippen molar-refractivity contribution >= 4 is 33.6 Å². The number of alkyl halides is 2. The molecule has 166 valence electrons. The number of benzene rings is 1. The molecule has 0 aliphatic heterocycles. The van der Waals surface area contributed by atoms with Crippen molar-refractivity contribution in [2.24, 2.45) is 5.41 Å². The zero-order valence-corrected chi connectivity index (χ0v) is 17.9. The summed E-state index contributed by atoms with van der Waals surface area (Å²) in [5, 5.41) is 1.59. The Kier molecular flexibility index (Phi) is 4.95. The van der Waals surface area contributed by atoms with E-state index in [4.69, 9.17) is 11.5 Å². The Bertz CT molecular complexity index is 1300. The van der Waals surface area contributed by atoms with Crippen LogP contribution in [0.1, 0.15) is 56.2 Å². The van der Waals surface area contributed by atoms with Gasteiger partial charge >= 0.3 is 0 Å². The fraction of sp³-hybridized carbons (Fsp3) is 0.375. The molecule has 1 fully saturated rings. The number of aromatic nitrogens is 4. The van der Waals surface area contributed by atoms with Crippen molar-refractivity contribution in [1.82, 2.24) is 19.5 Å². The van der Waals surface area contributed by atoms with Gasteiger partial charge in [0.15, 0.2) is 0 Å². The molecule has 1 aliphatic rings. The first-order valence-electron chi connectivity index (χ1n) is 10.9. The standard InChI is InChI=1S/C24H26F2N6/c1-24(8-5-16(12-24)32-9-6-17-21(27)29-13-30-23(17)32)7-4-14-2-3-15-11-18(20(25)26)22(28)31-19(15)10-14/h2-3,6,9-11,13,16,20H,4-5,7-8,12H2,1H3,(H2,28,31)(H2,27,29,30)/t16?,24-/m1/s1. The fourth-order valence-electron chi connectivity index (χ4n) is 5.06. The average molecular weight is 437 g/mol. The highest BCUT2D eigenvalue weighted by molar-refractivity contribution is 5.86. The van der Waals surface area contributed by atoms with Gasteiger partial charge in [0.2, 0.25) is 0 Å². The van der Waals surface area contributed by atoms with Gasteiger partial charge in [0, 0.05) is 17.6 Å². The number of pyridine rings is 1. The molecule has 32 heavy (non-hydrogen) atoms. The summed E-state index contributed by atoms with van der Waals surface area (Å²) in [6, 6.07) is 9.65. The lowest BCUT2D eigenvalue weighted by molar-refractivity contribution is 0.152. The maximum absolute atomic E-state index is 13.1. The van der Waals surface area contributed by atoms with Gasteiger partial charge in [0.25, 0.3) is 6.43 Å². The minimum atomic E-state index is -2.62. The van der Waals surface area contributed by atoms with Crippen molar-refractivity contribution in [2.45, 2.75) is 51.5 Å². The molecule has 0 saturated heterocycles. The number of fused-ring (bicyclic) bond motifs is 2. The van der Waals surface area contributed by atoms with Crippen LogP contribution in [0.5, 0.6) is 0 Å². The number of aryl methyl sites for hydroxylation is 1. The molecule has 3 heterocycles. The molecule has 1 aromatic carbocycles. The Morgan fingerprint density at radius 3 is 2.81 bits per heavy atom. The molecular formula is C24H26F2N6. The van der Waals surface area contributed by atoms with E-state index >= 15 is 0 Å². The van der Waals surface area contributed by atoms with Crippen LogP contribution < -0.4 is 11.5 Å². The number of hydrogen-bond acceptors (Lipinski definition) is 5. The van der Waals surface area contributed by atoms with Crippen molar-refractivity contribution in [1.29, 1.82) is 0 Å². The molecule has 0 amide bonds. The summed E-state index contributed by atoms with van der Waals surface area (Å²) < 4.78 is 28.4. The van der Waals surface area contributed by atoms with Crippen molar-refractivity contribution in [3.63, 3.8) is 0 Å². The van der Waals surface area contributed by atoms with Crippen molar-refractivity contribution in [3.8, 4) is 0 Å². The monoisotopic (exact) mass is 436 g/mol. The molecule has 0 spiro atoms. The topological polar surface area (TPSA) is 95.6 Å². The molecule has 3 aromatic heterocycles. The predicted octanol–water partition coefficient (Wildman–Crippen LogP) is 5.45. The predicted molar refractivity (Wildman–Crippen MR) is 122 cm³/mol. The van der Waals surface area contributed by atoms with Gasteiger partial charge in [0.1, 0.15) is 23.6 Å². The van der Waals surface area contributed by atoms with E-state index in [0.717, 1.165) is 48.7 Å². The van der Waals surface area contributed by atoms with E-state index in [1.165, 1.54) is 12.4 Å². The molecule has 8 heteroatoms. The van der Waals surface area contributed by atoms with Crippen molar-refractivity contribution in [2.75, 3.05) is 11.5 Å². The first-order valence-corrected chi connectivity index (χ1v) is 10.9. The Morgan fingerprint density at radius 2 is 2.00 bits per heavy atom. The molecule has 1 aliphatic carbocycles. The summed E-state index contributed by atoms with van der Waals surface area (Å²) >= 11 is 0. The summed E-state index contributed by atoms with van der Waals surface area (Å²) in [6.07, 6.45) is 6.20. The molecule has 4 N–H and O–H groups in total. The van der Waals surface area contributed by atoms with E-state index in [9.17, 15) is 8.78 Å². The summed E-state index contributed by atoms with van der Waals surface area (Å²) in [5.74, 6) is 0.416. The smallest absolute Gasteiger partial charge is 0.267 e. The summed E-state index contributed by atoms with van der Waals surface area (Å²) in [7, 11) is 0. The largest absolute Gasteiger partial charge is 0.383 e. The zero-order chi connectivity index (χ0) is 22.5. The minimum Gasteiger partial charge on any atom is -0.383 e. The number of rotatable bonds is 5. The quantitative estimate of drug-likeness (QED) is 0.434. The Morgan fingerprint density at radius 1 is 1.16 bits per heavy atom. The normalized spacial score (nSPS) is 21.2. The molecule has 5 rings (SSSR count). The lowest BCUT2D eigenvalue weighted by Crippen LogP contribution is -2.14. The SMILES string of the molecule is C[C@@]1(CCc2ccc3cc(C(F)F)c(N)nc3c2)CCC(n2ccc3c(N)ncnc32)C1. The third-order valence-electron chi connectivity index (χ3n) is 6.94. The Labute approximate surface area is 184 Å². The van der Waals surface area contributed by atoms with Crippen LogP contribution in [0.2, 0.25) is 0 Å². The maximum atomic E-state index is 13.1. The minimum absolute atomic E-state index is 0.0985. The molecule has 4 aromatic rings. The molecule has 1 unspecified atom stereocenters. The summed E-state index contributed by atoms with van der Waals surface area (Å²) in [4.78, 5) is 12.7. The van der Waals surface area contributed by atoms with Crippen LogP contribution in [0.25, 0.3) is 21.9 Å². The van der Waals surface area contributed by atoms with E-state index < -0.39 is 6.43 Å². The molecule has 0 radical (unpaired) electrons. The number of anilines is 2. The average Bonchev–Trinajstić information content (AvgIpc) is 3.36. The number of nitrogens with zero attached hydrogens (tertiary/aromatic N) is 4. The molecule has 1 saturated carbocycles. The van der Waals surface area contributed by atoms with Gasteiger partial charge in [0.05, 0.1) is 16.5 Å². The highest BCUT2D eigenvalue weighted by atomic mass is 19.3. The molecule has 0 bridgehead atoms. The van der Waals surface area contributed by atoms with E-state index in [1.807, 2.05) is 24.3 Å². The van der Waals surface area contributed by atoms with Crippen LogP contribution in [0.3, 0.4) is 0 Å². The van der Waals surface area contributed by atoms with Gasteiger partial charge in [-0.15, -0.1) is 0 Å². The van der Waals surface area contributed by atoms with Crippen molar-refractivity contribution in [3.05, 3.63) is 54.0 Å². The number of hydrogen-bond donors (Lipinski definition) is 2. The van der Waals surface area contributed by atoms with E-state index in [2.05, 4.69) is 32.6 Å². The summed E-state index contributed by atoms with van der Waals surface area (Å²) in [5.41, 5.74) is 14.4. The maximum Gasteiger partial charge on any atom is 0.267 e. The highest BCUT2D eigenvalue weighted by Gasteiger charge is 2.36. The van der Waals surface area contributed by atoms with Gasteiger partial charge in [-0.2, -0.15) is 0 Å². The lowest BCUT2D eigenvalue weighted by Gasteiger charge is -2.24. The van der Waals surface area contributed by atoms with E-state index in [1.54, 1.807) is 0 Å². The number of nitrogen functional groups attached to an aromatic ring is 2. The van der Waals surface area contributed by atoms with E-state index in [-0.39, 0.29) is 16.8 Å². The number of halogens is 2. The number of nitrogens with two attached hydrogens (primary N) is 2. The van der Waals surface area contributed by atoms with Gasteiger partial charge in [-0.05, 0) is 61.3 Å². The second kappa shape index (κ2) is 7.69. The summed E-state index contributed by atoms with van der Waals surface area (Å²) in [6.45, 7) is 2.34. The Balaban J connectivity index is 1.31. The third kappa shape index (κ3) is 3.63. The Hall–Kier alpha value is -3.29. The van der Waals surface area contributed by atoms with Crippen LogP contribution in [-0.4, -0.2) is 19.5 Å². The zero-order valence-electron chi connectivity index (χ0n) is 17.9. The van der Waals surface area contributed by atoms with Crippen LogP contribution in [-0.2, 0) is 6.42 Å². The van der Waals surface area contributed by atoms with Gasteiger partial charge < -0.3 is 16.0 Å².